The molecule has 0 atom stereocenters. The van der Waals surface area contributed by atoms with E-state index in [4.69, 9.17) is 0 Å². The summed E-state index contributed by atoms with van der Waals surface area (Å²) in [5, 5.41) is 0. The first-order valence-corrected chi connectivity index (χ1v) is 5.22. The minimum absolute atomic E-state index is 0.339. The normalized spacial score (nSPS) is 10.2. The number of nitrogens with zero attached hydrogens (tertiary/aromatic N) is 1. The second-order valence-corrected chi connectivity index (χ2v) is 3.85. The van der Waals surface area contributed by atoms with Crippen LogP contribution in [0.3, 0.4) is 0 Å². The van der Waals surface area contributed by atoms with Gasteiger partial charge in [0.2, 0.25) is 0 Å². The number of hydrogen-bond acceptors (Lipinski definition) is 4. The lowest BCUT2D eigenvalue weighted by Gasteiger charge is -2.01. The number of ether oxygens (including phenoxy) is 1. The Morgan fingerprint density at radius 2 is 2.40 bits per heavy atom. The van der Waals surface area contributed by atoms with E-state index in [1.54, 1.807) is 23.7 Å². The third-order valence-electron chi connectivity index (χ3n) is 2.11. The summed E-state index contributed by atoms with van der Waals surface area (Å²) in [6, 6.07) is 3.52. The van der Waals surface area contributed by atoms with Crippen LogP contribution in [0.25, 0.3) is 16.3 Å². The van der Waals surface area contributed by atoms with Gasteiger partial charge in [-0.05, 0) is 12.1 Å². The van der Waals surface area contributed by atoms with Crippen molar-refractivity contribution in [1.29, 1.82) is 0 Å². The first kappa shape index (κ1) is 9.86. The van der Waals surface area contributed by atoms with Gasteiger partial charge in [0, 0.05) is 5.56 Å². The maximum atomic E-state index is 11.4. The molecule has 0 unspecified atom stereocenters. The van der Waals surface area contributed by atoms with E-state index < -0.39 is 0 Å². The summed E-state index contributed by atoms with van der Waals surface area (Å²) < 4.78 is 5.64. The zero-order valence-electron chi connectivity index (χ0n) is 8.19. The lowest BCUT2D eigenvalue weighted by molar-refractivity contribution is 0.0601. The lowest BCUT2D eigenvalue weighted by atomic mass is 10.1. The summed E-state index contributed by atoms with van der Waals surface area (Å²) >= 11 is 1.49. The Morgan fingerprint density at radius 3 is 3.07 bits per heavy atom. The van der Waals surface area contributed by atoms with Crippen LogP contribution in [0, 0.1) is 0 Å². The fourth-order valence-electron chi connectivity index (χ4n) is 1.38. The van der Waals surface area contributed by atoms with Gasteiger partial charge < -0.3 is 4.74 Å². The Labute approximate surface area is 91.0 Å². The second-order valence-electron chi connectivity index (χ2n) is 2.96. The van der Waals surface area contributed by atoms with Crippen LogP contribution in [-0.2, 0) is 4.74 Å². The van der Waals surface area contributed by atoms with Crippen molar-refractivity contribution < 1.29 is 9.53 Å². The Kier molecular flexibility index (Phi) is 2.51. The molecular weight excluding hydrogens is 210 g/mol. The fourth-order valence-corrected chi connectivity index (χ4v) is 2.13. The van der Waals surface area contributed by atoms with Gasteiger partial charge in [-0.2, -0.15) is 0 Å². The van der Waals surface area contributed by atoms with Crippen LogP contribution >= 0.6 is 11.3 Å². The van der Waals surface area contributed by atoms with Gasteiger partial charge in [0.15, 0.2) is 0 Å². The summed E-state index contributed by atoms with van der Waals surface area (Å²) in [6.07, 6.45) is 1.69. The van der Waals surface area contributed by atoms with Crippen LogP contribution in [0.5, 0.6) is 0 Å². The highest BCUT2D eigenvalue weighted by Crippen LogP contribution is 2.24. The predicted molar refractivity (Wildman–Crippen MR) is 61.1 cm³/mol. The zero-order chi connectivity index (χ0) is 10.8. The van der Waals surface area contributed by atoms with Crippen molar-refractivity contribution in [1.82, 2.24) is 4.98 Å². The summed E-state index contributed by atoms with van der Waals surface area (Å²) in [4.78, 5) is 15.6. The third-order valence-corrected chi connectivity index (χ3v) is 2.88. The van der Waals surface area contributed by atoms with Crippen molar-refractivity contribution in [2.75, 3.05) is 7.11 Å². The molecule has 0 aliphatic rings. The molecule has 15 heavy (non-hydrogen) atoms. The number of esters is 1. The van der Waals surface area contributed by atoms with Gasteiger partial charge in [0.25, 0.3) is 0 Å². The van der Waals surface area contributed by atoms with Gasteiger partial charge in [-0.25, -0.2) is 9.78 Å². The number of rotatable bonds is 2. The quantitative estimate of drug-likeness (QED) is 0.729. The number of benzene rings is 1. The van der Waals surface area contributed by atoms with Gasteiger partial charge >= 0.3 is 5.97 Å². The molecule has 2 aromatic rings. The Bertz CT molecular complexity index is 530. The average molecular weight is 219 g/mol. The number of methoxy groups -OCH3 is 1. The molecule has 0 saturated heterocycles. The van der Waals surface area contributed by atoms with Crippen LogP contribution in [-0.4, -0.2) is 18.1 Å². The van der Waals surface area contributed by atoms with Crippen molar-refractivity contribution in [2.24, 2.45) is 0 Å². The van der Waals surface area contributed by atoms with Crippen molar-refractivity contribution in [3.63, 3.8) is 0 Å². The molecule has 0 radical (unpaired) electrons. The standard InChI is InChI=1S/C11H9NO2S/c1-3-7-4-8(11(13)14-2)5-9-10(7)12-6-15-9/h3-6H,1H2,2H3. The van der Waals surface area contributed by atoms with Gasteiger partial charge in [-0.1, -0.05) is 12.7 Å². The Balaban J connectivity index is 2.68. The highest BCUT2D eigenvalue weighted by molar-refractivity contribution is 7.16. The van der Waals surface area contributed by atoms with E-state index in [0.717, 1.165) is 15.8 Å². The van der Waals surface area contributed by atoms with E-state index in [-0.39, 0.29) is 5.97 Å². The summed E-state index contributed by atoms with van der Waals surface area (Å²) in [5.41, 5.74) is 4.01. The smallest absolute Gasteiger partial charge is 0.337 e. The van der Waals surface area contributed by atoms with E-state index >= 15 is 0 Å². The molecule has 0 N–H and O–H groups in total. The zero-order valence-corrected chi connectivity index (χ0v) is 9.00. The SMILES string of the molecule is C=Cc1cc(C(=O)OC)cc2scnc12. The third kappa shape index (κ3) is 1.64. The average Bonchev–Trinajstić information content (AvgIpc) is 2.74. The monoisotopic (exact) mass is 219 g/mol. The molecule has 0 amide bonds. The minimum Gasteiger partial charge on any atom is -0.465 e. The molecule has 4 heteroatoms. The molecule has 3 nitrogen and oxygen atoms in total. The van der Waals surface area contributed by atoms with Crippen LogP contribution in [0.15, 0.2) is 24.2 Å². The molecular formula is C11H9NO2S. The molecule has 1 heterocycles. The van der Waals surface area contributed by atoms with Crippen molar-refractivity contribution in [3.8, 4) is 0 Å². The molecule has 0 saturated carbocycles. The number of carbonyl (C=O) groups excluding carboxylic acids is 1. The molecule has 0 aliphatic carbocycles. The number of hydrogen-bond donors (Lipinski definition) is 0. The number of carbonyl (C=O) groups is 1. The van der Waals surface area contributed by atoms with E-state index in [1.807, 2.05) is 0 Å². The van der Waals surface area contributed by atoms with E-state index in [1.165, 1.54) is 18.4 Å². The van der Waals surface area contributed by atoms with Crippen LogP contribution < -0.4 is 0 Å². The van der Waals surface area contributed by atoms with Gasteiger partial charge in [-0.15, -0.1) is 11.3 Å². The molecule has 1 aromatic heterocycles. The number of fused-ring (bicyclic) bond motifs is 1. The highest BCUT2D eigenvalue weighted by Gasteiger charge is 2.10. The topological polar surface area (TPSA) is 39.2 Å². The van der Waals surface area contributed by atoms with Gasteiger partial charge in [-0.3, -0.25) is 0 Å². The van der Waals surface area contributed by atoms with Crippen LogP contribution in [0.2, 0.25) is 0 Å². The van der Waals surface area contributed by atoms with Gasteiger partial charge in [0.1, 0.15) is 0 Å². The maximum absolute atomic E-state index is 11.4. The molecule has 0 spiro atoms. The Morgan fingerprint density at radius 1 is 1.60 bits per heavy atom. The van der Waals surface area contributed by atoms with Crippen molar-refractivity contribution in [3.05, 3.63) is 35.3 Å². The number of aromatic nitrogens is 1. The molecule has 1 aromatic carbocycles. The first-order chi connectivity index (χ1) is 7.26. The van der Waals surface area contributed by atoms with Gasteiger partial charge in [0.05, 0.1) is 28.4 Å². The summed E-state index contributed by atoms with van der Waals surface area (Å²) in [7, 11) is 1.37. The van der Waals surface area contributed by atoms with E-state index in [9.17, 15) is 4.79 Å². The van der Waals surface area contributed by atoms with Crippen molar-refractivity contribution in [2.45, 2.75) is 0 Å². The minimum atomic E-state index is -0.339. The predicted octanol–water partition coefficient (Wildman–Crippen LogP) is 2.73. The molecule has 2 rings (SSSR count). The van der Waals surface area contributed by atoms with Crippen LogP contribution in [0.4, 0.5) is 0 Å². The van der Waals surface area contributed by atoms with Crippen LogP contribution in [0.1, 0.15) is 15.9 Å². The molecule has 0 fully saturated rings. The maximum Gasteiger partial charge on any atom is 0.337 e. The summed E-state index contributed by atoms with van der Waals surface area (Å²) in [6.45, 7) is 3.70. The largest absolute Gasteiger partial charge is 0.465 e. The molecule has 0 aliphatic heterocycles. The number of thiazole rings is 1. The lowest BCUT2D eigenvalue weighted by Crippen LogP contribution is -2.01. The highest BCUT2D eigenvalue weighted by atomic mass is 32.1. The molecule has 0 bridgehead atoms. The Hall–Kier alpha value is -1.68. The van der Waals surface area contributed by atoms with E-state index in [2.05, 4.69) is 16.3 Å². The summed E-state index contributed by atoms with van der Waals surface area (Å²) in [5.74, 6) is -0.339. The van der Waals surface area contributed by atoms with E-state index in [0.29, 0.717) is 5.56 Å². The van der Waals surface area contributed by atoms with Crippen molar-refractivity contribution >= 4 is 33.6 Å². The second kappa shape index (κ2) is 3.82. The first-order valence-electron chi connectivity index (χ1n) is 4.34. The molecule has 76 valence electrons. The fraction of sp³-hybridized carbons (Fsp3) is 0.0909.